The summed E-state index contributed by atoms with van der Waals surface area (Å²) in [5.41, 5.74) is 2.27. The Morgan fingerprint density at radius 3 is 2.87 bits per heavy atom. The van der Waals surface area contributed by atoms with Gasteiger partial charge in [-0.05, 0) is 25.8 Å². The highest BCUT2D eigenvalue weighted by atomic mass is 16.2. The van der Waals surface area contributed by atoms with Gasteiger partial charge < -0.3 is 9.47 Å². The van der Waals surface area contributed by atoms with Crippen LogP contribution in [0.25, 0.3) is 0 Å². The fourth-order valence-corrected chi connectivity index (χ4v) is 2.99. The van der Waals surface area contributed by atoms with Crippen molar-refractivity contribution in [3.63, 3.8) is 0 Å². The van der Waals surface area contributed by atoms with Crippen molar-refractivity contribution in [1.29, 1.82) is 0 Å². The average Bonchev–Trinajstić information content (AvgIpc) is 2.57. The van der Waals surface area contributed by atoms with Crippen molar-refractivity contribution in [2.24, 2.45) is 7.05 Å². The van der Waals surface area contributed by atoms with Gasteiger partial charge in [0.2, 0.25) is 5.56 Å². The molecular formula is C17H20N4O2. The predicted octanol–water partition coefficient (Wildman–Crippen LogP) is 1.50. The molecule has 0 N–H and O–H groups in total. The van der Waals surface area contributed by atoms with Crippen molar-refractivity contribution < 1.29 is 4.79 Å². The lowest BCUT2D eigenvalue weighted by Gasteiger charge is -2.32. The third kappa shape index (κ3) is 3.31. The van der Waals surface area contributed by atoms with E-state index in [9.17, 15) is 9.59 Å². The van der Waals surface area contributed by atoms with Gasteiger partial charge in [-0.1, -0.05) is 0 Å². The molecule has 1 fully saturated rings. The molecule has 0 aliphatic carbocycles. The van der Waals surface area contributed by atoms with E-state index >= 15 is 0 Å². The number of piperidine rings is 1. The van der Waals surface area contributed by atoms with Gasteiger partial charge in [0, 0.05) is 50.7 Å². The van der Waals surface area contributed by atoms with Gasteiger partial charge in [0.15, 0.2) is 0 Å². The molecule has 1 aliphatic heterocycles. The van der Waals surface area contributed by atoms with Crippen LogP contribution >= 0.6 is 0 Å². The van der Waals surface area contributed by atoms with Crippen molar-refractivity contribution in [2.45, 2.75) is 25.7 Å². The number of nitrogens with zero attached hydrogens (tertiary/aromatic N) is 4. The standard InChI is InChI=1S/C17H20N4O2/c1-12-8-18-9-15(19-12)13-4-3-7-21(11-13)17(23)14-5-6-16(22)20(2)10-14/h5-6,8-10,13H,3-4,7,11H2,1-2H3/t13-/m1/s1. The second-order valence-electron chi connectivity index (χ2n) is 6.04. The Hall–Kier alpha value is -2.50. The lowest BCUT2D eigenvalue weighted by atomic mass is 9.94. The molecule has 1 amide bonds. The normalized spacial score (nSPS) is 18.0. The molecule has 2 aromatic rings. The van der Waals surface area contributed by atoms with Crippen molar-refractivity contribution in [3.05, 3.63) is 58.0 Å². The number of aromatic nitrogens is 3. The van der Waals surface area contributed by atoms with E-state index in [0.29, 0.717) is 12.1 Å². The Morgan fingerprint density at radius 1 is 1.30 bits per heavy atom. The van der Waals surface area contributed by atoms with Gasteiger partial charge in [-0.2, -0.15) is 0 Å². The minimum absolute atomic E-state index is 0.0362. The van der Waals surface area contributed by atoms with E-state index in [4.69, 9.17) is 0 Å². The molecule has 0 aromatic carbocycles. The Bertz CT molecular complexity index is 784. The quantitative estimate of drug-likeness (QED) is 0.843. The van der Waals surface area contributed by atoms with Crippen LogP contribution in [0.5, 0.6) is 0 Å². The number of rotatable bonds is 2. The Morgan fingerprint density at radius 2 is 2.13 bits per heavy atom. The molecule has 3 heterocycles. The average molecular weight is 312 g/mol. The number of aryl methyl sites for hydroxylation is 2. The van der Waals surface area contributed by atoms with Gasteiger partial charge in [0.25, 0.3) is 5.91 Å². The maximum Gasteiger partial charge on any atom is 0.255 e. The molecule has 1 saturated heterocycles. The molecule has 1 atom stereocenters. The van der Waals surface area contributed by atoms with Crippen LogP contribution in [0.1, 0.15) is 40.5 Å². The molecule has 1 aliphatic rings. The molecule has 23 heavy (non-hydrogen) atoms. The van der Waals surface area contributed by atoms with Gasteiger partial charge >= 0.3 is 0 Å². The summed E-state index contributed by atoms with van der Waals surface area (Å²) in [5.74, 6) is 0.179. The molecule has 120 valence electrons. The number of pyridine rings is 1. The first-order valence-electron chi connectivity index (χ1n) is 7.79. The van der Waals surface area contributed by atoms with E-state index in [0.717, 1.165) is 30.8 Å². The lowest BCUT2D eigenvalue weighted by Crippen LogP contribution is -2.39. The van der Waals surface area contributed by atoms with E-state index in [1.807, 2.05) is 11.8 Å². The van der Waals surface area contributed by atoms with Crippen LogP contribution in [-0.4, -0.2) is 38.4 Å². The maximum atomic E-state index is 12.7. The monoisotopic (exact) mass is 312 g/mol. The molecule has 0 saturated carbocycles. The Balaban J connectivity index is 1.79. The summed E-state index contributed by atoms with van der Waals surface area (Å²) in [6, 6.07) is 3.03. The summed E-state index contributed by atoms with van der Waals surface area (Å²) in [4.78, 5) is 34.7. The molecule has 0 bridgehead atoms. The zero-order valence-corrected chi connectivity index (χ0v) is 13.4. The summed E-state index contributed by atoms with van der Waals surface area (Å²) in [6.07, 6.45) is 7.07. The van der Waals surface area contributed by atoms with Crippen LogP contribution < -0.4 is 5.56 Å². The van der Waals surface area contributed by atoms with Crippen LogP contribution in [0, 0.1) is 6.92 Å². The number of hydrogen-bond donors (Lipinski definition) is 0. The zero-order chi connectivity index (χ0) is 16.4. The molecule has 0 unspecified atom stereocenters. The number of likely N-dealkylation sites (tertiary alicyclic amines) is 1. The molecule has 6 nitrogen and oxygen atoms in total. The van der Waals surface area contributed by atoms with Crippen LogP contribution in [0.3, 0.4) is 0 Å². The van der Waals surface area contributed by atoms with Crippen LogP contribution in [0.15, 0.2) is 35.5 Å². The topological polar surface area (TPSA) is 68.1 Å². The highest BCUT2D eigenvalue weighted by Crippen LogP contribution is 2.26. The van der Waals surface area contributed by atoms with E-state index < -0.39 is 0 Å². The van der Waals surface area contributed by atoms with Gasteiger partial charge in [-0.3, -0.25) is 19.6 Å². The Labute approximate surface area is 134 Å². The fraction of sp³-hybridized carbons (Fsp3) is 0.412. The summed E-state index contributed by atoms with van der Waals surface area (Å²) >= 11 is 0. The SMILES string of the molecule is Cc1cncc([C@@H]2CCCN(C(=O)c3ccc(=O)n(C)c3)C2)n1. The first kappa shape index (κ1) is 15.4. The van der Waals surface area contributed by atoms with Crippen molar-refractivity contribution in [2.75, 3.05) is 13.1 Å². The smallest absolute Gasteiger partial charge is 0.255 e. The first-order chi connectivity index (χ1) is 11.0. The van der Waals surface area contributed by atoms with Crippen molar-refractivity contribution in [1.82, 2.24) is 19.4 Å². The molecule has 3 rings (SSSR count). The number of hydrogen-bond acceptors (Lipinski definition) is 4. The molecule has 0 radical (unpaired) electrons. The predicted molar refractivity (Wildman–Crippen MR) is 86.3 cm³/mol. The Kier molecular flexibility index (Phi) is 4.23. The molecule has 6 heteroatoms. The summed E-state index contributed by atoms with van der Waals surface area (Å²) in [6.45, 7) is 3.30. The number of carbonyl (C=O) groups excluding carboxylic acids is 1. The summed E-state index contributed by atoms with van der Waals surface area (Å²) in [5, 5.41) is 0. The minimum Gasteiger partial charge on any atom is -0.338 e. The third-order valence-corrected chi connectivity index (χ3v) is 4.23. The van der Waals surface area contributed by atoms with Gasteiger partial charge in [0.05, 0.1) is 17.0 Å². The number of amides is 1. The molecule has 2 aromatic heterocycles. The highest BCUT2D eigenvalue weighted by molar-refractivity contribution is 5.94. The van der Waals surface area contributed by atoms with Gasteiger partial charge in [-0.15, -0.1) is 0 Å². The van der Waals surface area contributed by atoms with E-state index in [1.165, 1.54) is 10.6 Å². The molecular weight excluding hydrogens is 292 g/mol. The van der Waals surface area contributed by atoms with Crippen LogP contribution in [0.2, 0.25) is 0 Å². The van der Waals surface area contributed by atoms with Gasteiger partial charge in [0.1, 0.15) is 0 Å². The van der Waals surface area contributed by atoms with Gasteiger partial charge in [-0.25, -0.2) is 0 Å². The van der Waals surface area contributed by atoms with E-state index in [2.05, 4.69) is 9.97 Å². The second-order valence-corrected chi connectivity index (χ2v) is 6.04. The van der Waals surface area contributed by atoms with Crippen molar-refractivity contribution in [3.8, 4) is 0 Å². The first-order valence-corrected chi connectivity index (χ1v) is 7.79. The van der Waals surface area contributed by atoms with Crippen LogP contribution in [0.4, 0.5) is 0 Å². The summed E-state index contributed by atoms with van der Waals surface area (Å²) in [7, 11) is 1.65. The molecule has 0 spiro atoms. The van der Waals surface area contributed by atoms with E-state index in [-0.39, 0.29) is 17.4 Å². The number of carbonyl (C=O) groups is 1. The summed E-state index contributed by atoms with van der Waals surface area (Å²) < 4.78 is 1.43. The third-order valence-electron chi connectivity index (χ3n) is 4.23. The van der Waals surface area contributed by atoms with E-state index in [1.54, 1.807) is 31.7 Å². The minimum atomic E-state index is -0.117. The highest BCUT2D eigenvalue weighted by Gasteiger charge is 2.26. The second kappa shape index (κ2) is 6.32. The zero-order valence-electron chi connectivity index (χ0n) is 13.4. The van der Waals surface area contributed by atoms with Crippen LogP contribution in [-0.2, 0) is 7.05 Å². The largest absolute Gasteiger partial charge is 0.338 e. The van der Waals surface area contributed by atoms with Crippen molar-refractivity contribution >= 4 is 5.91 Å². The maximum absolute atomic E-state index is 12.7. The lowest BCUT2D eigenvalue weighted by molar-refractivity contribution is 0.0705. The fourth-order valence-electron chi connectivity index (χ4n) is 2.99.